The monoisotopic (exact) mass is 415 g/mol. The summed E-state index contributed by atoms with van der Waals surface area (Å²) in [4.78, 5) is 25.5. The predicted molar refractivity (Wildman–Crippen MR) is 109 cm³/mol. The molecule has 7 heteroatoms. The average Bonchev–Trinajstić information content (AvgIpc) is 3.55. The molecule has 1 N–H and O–H groups in total. The van der Waals surface area contributed by atoms with Gasteiger partial charge in [-0.1, -0.05) is 19.1 Å². The first-order valence-corrected chi connectivity index (χ1v) is 10.2. The first-order chi connectivity index (χ1) is 14.5. The number of benzene rings is 2. The minimum absolute atomic E-state index is 0.0960. The molecule has 0 aliphatic heterocycles. The van der Waals surface area contributed by atoms with E-state index in [4.69, 9.17) is 14.2 Å². The van der Waals surface area contributed by atoms with E-state index in [9.17, 15) is 14.0 Å². The molecule has 0 bridgehead atoms. The molecule has 30 heavy (non-hydrogen) atoms. The standard InChI is InChI=1S/C23H26FNO5/c1-3-13-29-19-12-7-16(14-20(19)28-4-2)23(27)30-21(22(26)25-18-10-11-18)15-5-8-17(24)9-6-15/h5-9,12,14,18,21H,3-4,10-11,13H2,1-2H3,(H,25,26). The van der Waals surface area contributed by atoms with E-state index in [-0.39, 0.29) is 11.6 Å². The SMILES string of the molecule is CCCOc1ccc(C(=O)OC(C(=O)NC2CC2)c2ccc(F)cc2)cc1OCC. The van der Waals surface area contributed by atoms with Gasteiger partial charge >= 0.3 is 5.97 Å². The van der Waals surface area contributed by atoms with Gasteiger partial charge in [-0.15, -0.1) is 0 Å². The summed E-state index contributed by atoms with van der Waals surface area (Å²) >= 11 is 0. The summed E-state index contributed by atoms with van der Waals surface area (Å²) in [5.41, 5.74) is 0.629. The Kier molecular flexibility index (Phi) is 7.27. The largest absolute Gasteiger partial charge is 0.490 e. The van der Waals surface area contributed by atoms with Crippen molar-refractivity contribution in [1.82, 2.24) is 5.32 Å². The van der Waals surface area contributed by atoms with Crippen LogP contribution in [0, 0.1) is 5.82 Å². The zero-order valence-corrected chi connectivity index (χ0v) is 17.2. The van der Waals surface area contributed by atoms with Crippen LogP contribution >= 0.6 is 0 Å². The van der Waals surface area contributed by atoms with E-state index in [0.29, 0.717) is 30.3 Å². The van der Waals surface area contributed by atoms with Crippen molar-refractivity contribution in [2.45, 2.75) is 45.3 Å². The lowest BCUT2D eigenvalue weighted by molar-refractivity contribution is -0.130. The normalized spacial score (nSPS) is 14.0. The van der Waals surface area contributed by atoms with Crippen LogP contribution in [0.3, 0.4) is 0 Å². The number of nitrogens with one attached hydrogen (secondary N) is 1. The van der Waals surface area contributed by atoms with E-state index in [0.717, 1.165) is 19.3 Å². The third kappa shape index (κ3) is 5.72. The number of halogens is 1. The number of hydrogen-bond acceptors (Lipinski definition) is 5. The molecule has 1 unspecified atom stereocenters. The Morgan fingerprint density at radius 1 is 1.07 bits per heavy atom. The van der Waals surface area contributed by atoms with E-state index in [1.54, 1.807) is 12.1 Å². The zero-order valence-electron chi connectivity index (χ0n) is 17.2. The number of hydrogen-bond donors (Lipinski definition) is 1. The maximum atomic E-state index is 13.3. The topological polar surface area (TPSA) is 73.9 Å². The highest BCUT2D eigenvalue weighted by Crippen LogP contribution is 2.30. The maximum Gasteiger partial charge on any atom is 0.339 e. The first-order valence-electron chi connectivity index (χ1n) is 10.2. The second kappa shape index (κ2) is 10.1. The van der Waals surface area contributed by atoms with E-state index in [1.165, 1.54) is 30.3 Å². The van der Waals surface area contributed by atoms with Gasteiger partial charge in [0, 0.05) is 11.6 Å². The number of carbonyl (C=O) groups excluding carboxylic acids is 2. The summed E-state index contributed by atoms with van der Waals surface area (Å²) in [7, 11) is 0. The van der Waals surface area contributed by atoms with Crippen LogP contribution in [-0.4, -0.2) is 31.1 Å². The van der Waals surface area contributed by atoms with Gasteiger partial charge in [-0.2, -0.15) is 0 Å². The summed E-state index contributed by atoms with van der Waals surface area (Å²) < 4.78 is 30.1. The van der Waals surface area contributed by atoms with Gasteiger partial charge in [0.2, 0.25) is 6.10 Å². The second-order valence-corrected chi connectivity index (χ2v) is 7.06. The molecule has 1 aliphatic rings. The number of amides is 1. The van der Waals surface area contributed by atoms with Gasteiger partial charge in [0.1, 0.15) is 5.82 Å². The van der Waals surface area contributed by atoms with Crippen molar-refractivity contribution in [3.63, 3.8) is 0 Å². The Hall–Kier alpha value is -3.09. The quantitative estimate of drug-likeness (QED) is 0.589. The highest BCUT2D eigenvalue weighted by molar-refractivity contribution is 5.93. The van der Waals surface area contributed by atoms with Crippen LogP contribution < -0.4 is 14.8 Å². The summed E-state index contributed by atoms with van der Waals surface area (Å²) in [5.74, 6) is -0.572. The molecule has 0 radical (unpaired) electrons. The lowest BCUT2D eigenvalue weighted by Crippen LogP contribution is -2.33. The summed E-state index contributed by atoms with van der Waals surface area (Å²) in [6.45, 7) is 4.76. The molecule has 2 aromatic carbocycles. The Morgan fingerprint density at radius 3 is 2.43 bits per heavy atom. The van der Waals surface area contributed by atoms with E-state index in [1.807, 2.05) is 13.8 Å². The van der Waals surface area contributed by atoms with Gasteiger partial charge in [0.05, 0.1) is 18.8 Å². The number of esters is 1. The molecule has 160 valence electrons. The molecule has 1 saturated carbocycles. The highest BCUT2D eigenvalue weighted by atomic mass is 19.1. The Morgan fingerprint density at radius 2 is 1.80 bits per heavy atom. The van der Waals surface area contributed by atoms with Gasteiger partial charge in [-0.25, -0.2) is 9.18 Å². The molecule has 1 aliphatic carbocycles. The number of rotatable bonds is 10. The van der Waals surface area contributed by atoms with Crippen LogP contribution in [0.4, 0.5) is 4.39 Å². The van der Waals surface area contributed by atoms with Crippen LogP contribution in [0.25, 0.3) is 0 Å². The lowest BCUT2D eigenvalue weighted by Gasteiger charge is -2.19. The van der Waals surface area contributed by atoms with Gasteiger partial charge in [0.15, 0.2) is 11.5 Å². The highest BCUT2D eigenvalue weighted by Gasteiger charge is 2.31. The number of carbonyl (C=O) groups is 2. The van der Waals surface area contributed by atoms with Crippen LogP contribution in [0.15, 0.2) is 42.5 Å². The third-order valence-corrected chi connectivity index (χ3v) is 4.50. The summed E-state index contributed by atoms with van der Waals surface area (Å²) in [6.07, 6.45) is 1.45. The lowest BCUT2D eigenvalue weighted by atomic mass is 10.1. The molecular weight excluding hydrogens is 389 g/mol. The van der Waals surface area contributed by atoms with Crippen molar-refractivity contribution in [1.29, 1.82) is 0 Å². The van der Waals surface area contributed by atoms with Crippen molar-refractivity contribution in [3.8, 4) is 11.5 Å². The smallest absolute Gasteiger partial charge is 0.339 e. The third-order valence-electron chi connectivity index (χ3n) is 4.50. The minimum Gasteiger partial charge on any atom is -0.490 e. The fraction of sp³-hybridized carbons (Fsp3) is 0.391. The molecule has 1 atom stereocenters. The van der Waals surface area contributed by atoms with E-state index in [2.05, 4.69) is 5.32 Å². The molecule has 3 rings (SSSR count). The average molecular weight is 415 g/mol. The van der Waals surface area contributed by atoms with Gasteiger partial charge < -0.3 is 19.5 Å². The maximum absolute atomic E-state index is 13.3. The molecule has 0 spiro atoms. The predicted octanol–water partition coefficient (Wildman–Crippen LogP) is 4.19. The molecule has 6 nitrogen and oxygen atoms in total. The molecule has 1 amide bonds. The second-order valence-electron chi connectivity index (χ2n) is 7.06. The van der Waals surface area contributed by atoms with Crippen LogP contribution in [0.1, 0.15) is 55.1 Å². The molecule has 2 aromatic rings. The molecule has 0 heterocycles. The fourth-order valence-corrected chi connectivity index (χ4v) is 2.82. The molecule has 1 fully saturated rings. The van der Waals surface area contributed by atoms with Crippen molar-refractivity contribution in [3.05, 3.63) is 59.4 Å². The molecule has 0 saturated heterocycles. The number of ether oxygens (including phenoxy) is 3. The van der Waals surface area contributed by atoms with Gasteiger partial charge in [-0.05, 0) is 56.5 Å². The van der Waals surface area contributed by atoms with Crippen LogP contribution in [0.5, 0.6) is 11.5 Å². The fourth-order valence-electron chi connectivity index (χ4n) is 2.82. The molecular formula is C23H26FNO5. The van der Waals surface area contributed by atoms with Crippen molar-refractivity contribution < 1.29 is 28.2 Å². The Labute approximate surface area is 175 Å². The Balaban J connectivity index is 1.81. The summed E-state index contributed by atoms with van der Waals surface area (Å²) in [5, 5.41) is 2.83. The minimum atomic E-state index is -1.18. The van der Waals surface area contributed by atoms with Gasteiger partial charge in [-0.3, -0.25) is 4.79 Å². The Bertz CT molecular complexity index is 880. The van der Waals surface area contributed by atoms with E-state index < -0.39 is 23.8 Å². The first kappa shape index (κ1) is 21.6. The summed E-state index contributed by atoms with van der Waals surface area (Å²) in [6, 6.07) is 10.2. The van der Waals surface area contributed by atoms with Gasteiger partial charge in [0.25, 0.3) is 5.91 Å². The van der Waals surface area contributed by atoms with Crippen molar-refractivity contribution in [2.75, 3.05) is 13.2 Å². The van der Waals surface area contributed by atoms with E-state index >= 15 is 0 Å². The van der Waals surface area contributed by atoms with Crippen molar-refractivity contribution >= 4 is 11.9 Å². The zero-order chi connectivity index (χ0) is 21.5. The van der Waals surface area contributed by atoms with Crippen LogP contribution in [-0.2, 0) is 9.53 Å². The molecule has 0 aromatic heterocycles. The van der Waals surface area contributed by atoms with Crippen LogP contribution in [0.2, 0.25) is 0 Å². The van der Waals surface area contributed by atoms with Crippen molar-refractivity contribution in [2.24, 2.45) is 0 Å².